The van der Waals surface area contributed by atoms with Gasteiger partial charge in [0.1, 0.15) is 12.4 Å². The molecule has 0 radical (unpaired) electrons. The Kier molecular flexibility index (Phi) is 7.22. The van der Waals surface area contributed by atoms with E-state index in [0.29, 0.717) is 17.2 Å². The van der Waals surface area contributed by atoms with Crippen LogP contribution in [0.1, 0.15) is 40.3 Å². The van der Waals surface area contributed by atoms with Crippen LogP contribution < -0.4 is 5.32 Å². The quantitative estimate of drug-likeness (QED) is 0.587. The summed E-state index contributed by atoms with van der Waals surface area (Å²) in [5, 5.41) is 15.5. The van der Waals surface area contributed by atoms with Crippen LogP contribution in [0.4, 0.5) is 13.2 Å². The second kappa shape index (κ2) is 9.27. The van der Waals surface area contributed by atoms with Crippen molar-refractivity contribution in [3.63, 3.8) is 0 Å². The molecule has 0 aliphatic heterocycles. The molecule has 0 bridgehead atoms. The Morgan fingerprint density at radius 2 is 2.00 bits per heavy atom. The number of alkyl halides is 3. The standard InChI is InChI=1S/C18H12BrF3N6O.H2S/c1-10(16-25-9-26-28(16)15-3-2-11(7-23)8-24-15)27-17(29)12-4-13(18(20,21)22)6-14(19)5-12;/h2-6,8-10H,1H3,(H,27,29);1H2/t10-;/m0./s1. The molecular formula is C18H14BrF3N6OS. The van der Waals surface area contributed by atoms with Crippen molar-refractivity contribution in [1.29, 1.82) is 5.26 Å². The van der Waals surface area contributed by atoms with E-state index in [1.807, 2.05) is 6.07 Å². The highest BCUT2D eigenvalue weighted by Crippen LogP contribution is 2.32. The third-order valence-electron chi connectivity index (χ3n) is 3.89. The van der Waals surface area contributed by atoms with E-state index in [1.54, 1.807) is 19.1 Å². The summed E-state index contributed by atoms with van der Waals surface area (Å²) in [4.78, 5) is 20.7. The van der Waals surface area contributed by atoms with E-state index in [4.69, 9.17) is 5.26 Å². The van der Waals surface area contributed by atoms with E-state index in [2.05, 4.69) is 36.3 Å². The van der Waals surface area contributed by atoms with Crippen LogP contribution in [-0.2, 0) is 6.18 Å². The van der Waals surface area contributed by atoms with Crippen LogP contribution in [0, 0.1) is 11.3 Å². The molecule has 0 fully saturated rings. The van der Waals surface area contributed by atoms with E-state index in [-0.39, 0.29) is 23.5 Å². The summed E-state index contributed by atoms with van der Waals surface area (Å²) in [6.07, 6.45) is -1.95. The van der Waals surface area contributed by atoms with Gasteiger partial charge in [0.2, 0.25) is 0 Å². The van der Waals surface area contributed by atoms with Gasteiger partial charge in [-0.1, -0.05) is 15.9 Å². The molecule has 0 saturated heterocycles. The van der Waals surface area contributed by atoms with Gasteiger partial charge in [-0.2, -0.15) is 41.7 Å². The van der Waals surface area contributed by atoms with Crippen LogP contribution in [0.15, 0.2) is 47.3 Å². The number of hydrogen-bond acceptors (Lipinski definition) is 5. The molecule has 7 nitrogen and oxygen atoms in total. The van der Waals surface area contributed by atoms with E-state index >= 15 is 0 Å². The molecule has 0 aliphatic carbocycles. The third kappa shape index (κ3) is 5.17. The minimum atomic E-state index is -4.58. The number of carbonyl (C=O) groups excluding carboxylic acids is 1. The molecule has 2 heterocycles. The van der Waals surface area contributed by atoms with Crippen molar-refractivity contribution in [3.05, 3.63) is 69.8 Å². The third-order valence-corrected chi connectivity index (χ3v) is 4.35. The zero-order valence-corrected chi connectivity index (χ0v) is 17.9. The minimum Gasteiger partial charge on any atom is -0.342 e. The summed E-state index contributed by atoms with van der Waals surface area (Å²) >= 11 is 2.99. The normalized spacial score (nSPS) is 11.9. The van der Waals surface area contributed by atoms with Gasteiger partial charge in [0, 0.05) is 16.2 Å². The zero-order chi connectivity index (χ0) is 21.2. The first-order valence-electron chi connectivity index (χ1n) is 8.14. The lowest BCUT2D eigenvalue weighted by molar-refractivity contribution is -0.137. The zero-order valence-electron chi connectivity index (χ0n) is 15.3. The highest BCUT2D eigenvalue weighted by molar-refractivity contribution is 9.10. The van der Waals surface area contributed by atoms with Crippen molar-refractivity contribution in [2.24, 2.45) is 0 Å². The Bertz CT molecular complexity index is 1090. The van der Waals surface area contributed by atoms with Crippen molar-refractivity contribution >= 4 is 35.3 Å². The summed E-state index contributed by atoms with van der Waals surface area (Å²) < 4.78 is 40.5. The van der Waals surface area contributed by atoms with Gasteiger partial charge in [0.25, 0.3) is 5.91 Å². The minimum absolute atomic E-state index is 0. The van der Waals surface area contributed by atoms with E-state index in [9.17, 15) is 18.0 Å². The fourth-order valence-electron chi connectivity index (χ4n) is 2.53. The Morgan fingerprint density at radius 3 is 2.60 bits per heavy atom. The molecule has 3 rings (SSSR count). The highest BCUT2D eigenvalue weighted by atomic mass is 79.9. The first-order chi connectivity index (χ1) is 13.7. The smallest absolute Gasteiger partial charge is 0.342 e. The predicted molar refractivity (Wildman–Crippen MR) is 109 cm³/mol. The van der Waals surface area contributed by atoms with Gasteiger partial charge >= 0.3 is 6.18 Å². The number of amides is 1. The molecule has 1 N–H and O–H groups in total. The second-order valence-electron chi connectivity index (χ2n) is 5.97. The molecular weight excluding hydrogens is 485 g/mol. The summed E-state index contributed by atoms with van der Waals surface area (Å²) in [5.41, 5.74) is -0.720. The van der Waals surface area contributed by atoms with Crippen LogP contribution in [0.3, 0.4) is 0 Å². The number of carbonyl (C=O) groups is 1. The van der Waals surface area contributed by atoms with E-state index < -0.39 is 23.7 Å². The van der Waals surface area contributed by atoms with Crippen LogP contribution >= 0.6 is 29.4 Å². The predicted octanol–water partition coefficient (Wildman–Crippen LogP) is 3.92. The Hall–Kier alpha value is -2.91. The Labute approximate surface area is 184 Å². The van der Waals surface area contributed by atoms with Gasteiger partial charge < -0.3 is 5.32 Å². The fourth-order valence-corrected chi connectivity index (χ4v) is 3.02. The number of benzene rings is 1. The van der Waals surface area contributed by atoms with Gasteiger partial charge in [-0.05, 0) is 37.3 Å². The number of aromatic nitrogens is 4. The molecule has 0 aliphatic rings. The number of rotatable bonds is 4. The molecule has 0 unspecified atom stereocenters. The number of nitrogens with one attached hydrogen (secondary N) is 1. The molecule has 0 saturated carbocycles. The highest BCUT2D eigenvalue weighted by Gasteiger charge is 2.32. The van der Waals surface area contributed by atoms with Crippen LogP contribution in [0.2, 0.25) is 0 Å². The SMILES string of the molecule is C[C@H](NC(=O)c1cc(Br)cc(C(F)(F)F)c1)c1ncnn1-c1ccc(C#N)cn1.S. The molecule has 2 aromatic heterocycles. The van der Waals surface area contributed by atoms with E-state index in [1.165, 1.54) is 23.3 Å². The summed E-state index contributed by atoms with van der Waals surface area (Å²) in [6.45, 7) is 1.62. The molecule has 3 aromatic rings. The van der Waals surface area contributed by atoms with Gasteiger partial charge in [-0.25, -0.2) is 9.97 Å². The maximum atomic E-state index is 13.0. The lowest BCUT2D eigenvalue weighted by atomic mass is 10.1. The molecule has 1 atom stereocenters. The Morgan fingerprint density at radius 1 is 1.27 bits per heavy atom. The number of pyridine rings is 1. The average Bonchev–Trinajstić information content (AvgIpc) is 3.17. The molecule has 1 amide bonds. The largest absolute Gasteiger partial charge is 0.416 e. The molecule has 0 spiro atoms. The van der Waals surface area contributed by atoms with Gasteiger partial charge in [-0.3, -0.25) is 4.79 Å². The van der Waals surface area contributed by atoms with Crippen molar-refractivity contribution < 1.29 is 18.0 Å². The average molecular weight is 499 g/mol. The van der Waals surface area contributed by atoms with Crippen LogP contribution in [-0.4, -0.2) is 25.7 Å². The number of hydrogen-bond donors (Lipinski definition) is 1. The first-order valence-corrected chi connectivity index (χ1v) is 8.93. The van der Waals surface area contributed by atoms with Crippen LogP contribution in [0.5, 0.6) is 0 Å². The molecule has 30 heavy (non-hydrogen) atoms. The Balaban J connectivity index is 0.00000320. The summed E-state index contributed by atoms with van der Waals surface area (Å²) in [6, 6.07) is 7.35. The van der Waals surface area contributed by atoms with Crippen molar-refractivity contribution in [3.8, 4) is 11.9 Å². The van der Waals surface area contributed by atoms with Gasteiger partial charge in [0.15, 0.2) is 11.6 Å². The topological polar surface area (TPSA) is 96.5 Å². The van der Waals surface area contributed by atoms with Crippen LogP contribution in [0.25, 0.3) is 5.82 Å². The number of nitrogens with zero attached hydrogens (tertiary/aromatic N) is 5. The van der Waals surface area contributed by atoms with Crippen molar-refractivity contribution in [1.82, 2.24) is 25.1 Å². The van der Waals surface area contributed by atoms with Crippen molar-refractivity contribution in [2.75, 3.05) is 0 Å². The lowest BCUT2D eigenvalue weighted by Gasteiger charge is -2.15. The summed E-state index contributed by atoms with van der Waals surface area (Å²) in [7, 11) is 0. The maximum absolute atomic E-state index is 13.0. The number of halogens is 4. The van der Waals surface area contributed by atoms with Crippen molar-refractivity contribution in [2.45, 2.75) is 19.1 Å². The van der Waals surface area contributed by atoms with Gasteiger partial charge in [-0.15, -0.1) is 0 Å². The molecule has 156 valence electrons. The molecule has 12 heteroatoms. The lowest BCUT2D eigenvalue weighted by Crippen LogP contribution is -2.29. The second-order valence-corrected chi connectivity index (χ2v) is 6.88. The maximum Gasteiger partial charge on any atom is 0.416 e. The monoisotopic (exact) mass is 498 g/mol. The van der Waals surface area contributed by atoms with Gasteiger partial charge in [0.05, 0.1) is 17.2 Å². The number of nitriles is 1. The fraction of sp³-hybridized carbons (Fsp3) is 0.167. The van der Waals surface area contributed by atoms with E-state index in [0.717, 1.165) is 12.1 Å². The molecule has 1 aromatic carbocycles. The summed E-state index contributed by atoms with van der Waals surface area (Å²) in [5.74, 6) is -0.00681. The first kappa shape index (κ1) is 23.4.